The summed E-state index contributed by atoms with van der Waals surface area (Å²) in [6.45, 7) is 1.95. The van der Waals surface area contributed by atoms with Gasteiger partial charge in [0.15, 0.2) is 0 Å². The largest absolute Gasteiger partial charge is 0.508 e. The molecule has 0 bridgehead atoms. The van der Waals surface area contributed by atoms with Gasteiger partial charge in [0.05, 0.1) is 13.3 Å². The number of carbonyl (C=O) groups excluding carboxylic acids is 1. The molecule has 18 heavy (non-hydrogen) atoms. The monoisotopic (exact) mass is 252 g/mol. The lowest BCUT2D eigenvalue weighted by molar-refractivity contribution is -0.143. The number of carbonyl (C=O) groups is 1. The molecule has 100 valence electrons. The van der Waals surface area contributed by atoms with Crippen molar-refractivity contribution in [2.24, 2.45) is 0 Å². The number of phenols is 1. The summed E-state index contributed by atoms with van der Waals surface area (Å²) in [5, 5.41) is 12.4. The Balaban J connectivity index is 2.91. The van der Waals surface area contributed by atoms with Gasteiger partial charge in [0.1, 0.15) is 11.8 Å². The second-order valence-electron chi connectivity index (χ2n) is 4.35. The van der Waals surface area contributed by atoms with Crippen LogP contribution in [0.5, 0.6) is 5.75 Å². The van der Waals surface area contributed by atoms with Crippen LogP contribution in [0.3, 0.4) is 0 Å². The highest BCUT2D eigenvalue weighted by atomic mass is 16.5. The fraction of sp³-hybridized carbons (Fsp3) is 0.462. The molecule has 1 aromatic rings. The molecule has 0 radical (unpaired) electrons. The van der Waals surface area contributed by atoms with Crippen LogP contribution in [0.15, 0.2) is 24.3 Å². The van der Waals surface area contributed by atoms with Crippen LogP contribution in [0.25, 0.3) is 0 Å². The van der Waals surface area contributed by atoms with Crippen LogP contribution in [0.4, 0.5) is 0 Å². The van der Waals surface area contributed by atoms with Gasteiger partial charge in [-0.2, -0.15) is 0 Å². The zero-order valence-corrected chi connectivity index (χ0v) is 11.2. The molecule has 1 rings (SSSR count). The Kier molecular flexibility index (Phi) is 5.12. The number of hydrogen-bond donors (Lipinski definition) is 2. The zero-order valence-electron chi connectivity index (χ0n) is 11.2. The molecule has 0 saturated heterocycles. The van der Waals surface area contributed by atoms with Crippen molar-refractivity contribution in [1.82, 2.24) is 10.2 Å². The van der Waals surface area contributed by atoms with Crippen molar-refractivity contribution in [3.8, 4) is 5.75 Å². The average molecular weight is 252 g/mol. The first-order chi connectivity index (χ1) is 8.45. The van der Waals surface area contributed by atoms with Crippen LogP contribution in [0.1, 0.15) is 18.5 Å². The standard InChI is InChI=1S/C13H20N2O3/c1-9(15(2)3)14-12(13(17)18-4)10-5-7-11(16)8-6-10/h5-9,12,14,16H,1-4H3. The van der Waals surface area contributed by atoms with Crippen molar-refractivity contribution in [2.45, 2.75) is 19.1 Å². The maximum Gasteiger partial charge on any atom is 0.327 e. The highest BCUT2D eigenvalue weighted by Crippen LogP contribution is 2.18. The number of nitrogens with one attached hydrogen (secondary N) is 1. The lowest BCUT2D eigenvalue weighted by atomic mass is 10.1. The molecule has 2 N–H and O–H groups in total. The molecule has 5 heteroatoms. The van der Waals surface area contributed by atoms with Gasteiger partial charge in [0.25, 0.3) is 0 Å². The highest BCUT2D eigenvalue weighted by molar-refractivity contribution is 5.77. The molecule has 0 aromatic heterocycles. The van der Waals surface area contributed by atoms with Crippen LogP contribution in [0.2, 0.25) is 0 Å². The summed E-state index contributed by atoms with van der Waals surface area (Å²) >= 11 is 0. The fourth-order valence-corrected chi connectivity index (χ4v) is 1.48. The first-order valence-electron chi connectivity index (χ1n) is 5.75. The van der Waals surface area contributed by atoms with Crippen LogP contribution >= 0.6 is 0 Å². The topological polar surface area (TPSA) is 61.8 Å². The van der Waals surface area contributed by atoms with Gasteiger partial charge in [0.2, 0.25) is 0 Å². The van der Waals surface area contributed by atoms with E-state index in [1.54, 1.807) is 24.3 Å². The van der Waals surface area contributed by atoms with E-state index in [0.717, 1.165) is 5.56 Å². The minimum Gasteiger partial charge on any atom is -0.508 e. The molecule has 0 aliphatic carbocycles. The van der Waals surface area contributed by atoms with Gasteiger partial charge in [-0.25, -0.2) is 4.79 Å². The Morgan fingerprint density at radius 2 is 1.89 bits per heavy atom. The molecular formula is C13H20N2O3. The third-order valence-corrected chi connectivity index (χ3v) is 2.85. The lowest BCUT2D eigenvalue weighted by Gasteiger charge is -2.26. The number of nitrogens with zero attached hydrogens (tertiary/aromatic N) is 1. The molecule has 0 aliphatic heterocycles. The van der Waals surface area contributed by atoms with Crippen molar-refractivity contribution in [3.63, 3.8) is 0 Å². The van der Waals surface area contributed by atoms with E-state index in [0.29, 0.717) is 0 Å². The van der Waals surface area contributed by atoms with E-state index in [1.807, 2.05) is 25.9 Å². The van der Waals surface area contributed by atoms with Crippen molar-refractivity contribution in [1.29, 1.82) is 0 Å². The smallest absolute Gasteiger partial charge is 0.327 e. The third kappa shape index (κ3) is 3.72. The molecule has 0 aliphatic rings. The Hall–Kier alpha value is -1.59. The van der Waals surface area contributed by atoms with E-state index in [9.17, 15) is 9.90 Å². The quantitative estimate of drug-likeness (QED) is 0.607. The summed E-state index contributed by atoms with van der Waals surface area (Å²) in [6, 6.07) is 5.95. The molecule has 0 fully saturated rings. The third-order valence-electron chi connectivity index (χ3n) is 2.85. The Morgan fingerprint density at radius 3 is 2.33 bits per heavy atom. The predicted octanol–water partition coefficient (Wildman–Crippen LogP) is 1.10. The number of methoxy groups -OCH3 is 1. The maximum atomic E-state index is 11.8. The summed E-state index contributed by atoms with van der Waals surface area (Å²) in [7, 11) is 5.20. The van der Waals surface area contributed by atoms with Crippen LogP contribution in [0, 0.1) is 0 Å². The van der Waals surface area contributed by atoms with Gasteiger partial charge in [0, 0.05) is 0 Å². The van der Waals surface area contributed by atoms with Gasteiger partial charge < -0.3 is 9.84 Å². The minimum atomic E-state index is -0.548. The first kappa shape index (κ1) is 14.5. The number of rotatable bonds is 5. The number of hydrogen-bond acceptors (Lipinski definition) is 5. The molecule has 0 heterocycles. The van der Waals surface area contributed by atoms with Crippen LogP contribution in [-0.4, -0.2) is 43.3 Å². The Labute approximate surface area is 107 Å². The van der Waals surface area contributed by atoms with Crippen molar-refractivity contribution >= 4 is 5.97 Å². The summed E-state index contributed by atoms with van der Waals surface area (Å²) in [4.78, 5) is 13.7. The normalized spacial score (nSPS) is 14.3. The number of aromatic hydroxyl groups is 1. The predicted molar refractivity (Wildman–Crippen MR) is 69.1 cm³/mol. The zero-order chi connectivity index (χ0) is 13.7. The van der Waals surface area contributed by atoms with Crippen molar-refractivity contribution < 1.29 is 14.6 Å². The summed E-state index contributed by atoms with van der Waals surface area (Å²) in [5.74, 6) is -0.183. The molecule has 0 spiro atoms. The van der Waals surface area contributed by atoms with Gasteiger partial charge in [-0.15, -0.1) is 0 Å². The van der Waals surface area contributed by atoms with Gasteiger partial charge >= 0.3 is 5.97 Å². The fourth-order valence-electron chi connectivity index (χ4n) is 1.48. The average Bonchev–Trinajstić information content (AvgIpc) is 2.35. The van der Waals surface area contributed by atoms with E-state index in [4.69, 9.17) is 4.74 Å². The number of ether oxygens (including phenoxy) is 1. The molecule has 0 amide bonds. The van der Waals surface area contributed by atoms with Crippen LogP contribution in [-0.2, 0) is 9.53 Å². The summed E-state index contributed by atoms with van der Waals surface area (Å²) in [5.41, 5.74) is 0.758. The van der Waals surface area contributed by atoms with E-state index in [-0.39, 0.29) is 17.9 Å². The summed E-state index contributed by atoms with van der Waals surface area (Å²) < 4.78 is 4.80. The number of esters is 1. The molecule has 2 atom stereocenters. The van der Waals surface area contributed by atoms with Crippen molar-refractivity contribution in [2.75, 3.05) is 21.2 Å². The minimum absolute atomic E-state index is 0.0166. The van der Waals surface area contributed by atoms with Crippen molar-refractivity contribution in [3.05, 3.63) is 29.8 Å². The van der Waals surface area contributed by atoms with Gasteiger partial charge in [-0.3, -0.25) is 10.2 Å². The van der Waals surface area contributed by atoms with Crippen LogP contribution < -0.4 is 5.32 Å². The summed E-state index contributed by atoms with van der Waals surface area (Å²) in [6.07, 6.45) is 0.0166. The molecule has 0 saturated carbocycles. The second kappa shape index (κ2) is 6.37. The molecular weight excluding hydrogens is 232 g/mol. The van der Waals surface area contributed by atoms with E-state index < -0.39 is 6.04 Å². The highest BCUT2D eigenvalue weighted by Gasteiger charge is 2.23. The molecule has 1 aromatic carbocycles. The van der Waals surface area contributed by atoms with E-state index in [2.05, 4.69) is 5.32 Å². The van der Waals surface area contributed by atoms with E-state index in [1.165, 1.54) is 7.11 Å². The molecule has 2 unspecified atom stereocenters. The Bertz CT molecular complexity index is 390. The number of benzene rings is 1. The lowest BCUT2D eigenvalue weighted by Crippen LogP contribution is -2.43. The second-order valence-corrected chi connectivity index (χ2v) is 4.35. The first-order valence-corrected chi connectivity index (χ1v) is 5.75. The molecule has 5 nitrogen and oxygen atoms in total. The SMILES string of the molecule is COC(=O)C(NC(C)N(C)C)c1ccc(O)cc1. The van der Waals surface area contributed by atoms with Gasteiger partial charge in [-0.1, -0.05) is 12.1 Å². The number of phenolic OH excluding ortho intramolecular Hbond substituents is 1. The van der Waals surface area contributed by atoms with Gasteiger partial charge in [-0.05, 0) is 38.7 Å². The maximum absolute atomic E-state index is 11.8. The Morgan fingerprint density at radius 1 is 1.33 bits per heavy atom. The van der Waals surface area contributed by atoms with E-state index >= 15 is 0 Å².